The topological polar surface area (TPSA) is 41.1 Å². The first-order valence-electron chi connectivity index (χ1n) is 6.25. The van der Waals surface area contributed by atoms with Gasteiger partial charge in [-0.15, -0.1) is 0 Å². The van der Waals surface area contributed by atoms with Crippen molar-refractivity contribution in [3.05, 3.63) is 29.8 Å². The van der Waals surface area contributed by atoms with E-state index in [4.69, 9.17) is 0 Å². The highest BCUT2D eigenvalue weighted by atomic mass is 16.1. The highest BCUT2D eigenvalue weighted by molar-refractivity contribution is 5.92. The summed E-state index contributed by atoms with van der Waals surface area (Å²) < 4.78 is 0. The molecule has 17 heavy (non-hydrogen) atoms. The van der Waals surface area contributed by atoms with E-state index in [1.807, 2.05) is 31.2 Å². The molecular weight excluding hydrogens is 212 g/mol. The van der Waals surface area contributed by atoms with Crippen LogP contribution in [0, 0.1) is 18.8 Å². The van der Waals surface area contributed by atoms with Crippen LogP contribution in [-0.2, 0) is 4.79 Å². The van der Waals surface area contributed by atoms with E-state index in [0.29, 0.717) is 5.92 Å². The van der Waals surface area contributed by atoms with E-state index in [1.54, 1.807) is 0 Å². The predicted molar refractivity (Wildman–Crippen MR) is 69.9 cm³/mol. The molecule has 2 atom stereocenters. The third kappa shape index (κ3) is 3.07. The van der Waals surface area contributed by atoms with Crippen LogP contribution in [0.4, 0.5) is 5.69 Å². The zero-order valence-corrected chi connectivity index (χ0v) is 10.5. The Bertz CT molecular complexity index is 403. The second-order valence-corrected chi connectivity index (χ2v) is 4.94. The van der Waals surface area contributed by atoms with Gasteiger partial charge in [0.05, 0.1) is 0 Å². The molecule has 3 heteroatoms. The maximum atomic E-state index is 12.2. The molecule has 1 heterocycles. The van der Waals surface area contributed by atoms with Crippen LogP contribution in [0.1, 0.15) is 18.9 Å². The number of rotatable bonds is 2. The molecule has 0 aliphatic carbocycles. The Hall–Kier alpha value is -1.35. The van der Waals surface area contributed by atoms with Gasteiger partial charge in [0, 0.05) is 11.6 Å². The van der Waals surface area contributed by atoms with Gasteiger partial charge in [0.1, 0.15) is 0 Å². The van der Waals surface area contributed by atoms with Crippen LogP contribution in [0.5, 0.6) is 0 Å². The van der Waals surface area contributed by atoms with Gasteiger partial charge in [-0.1, -0.05) is 19.1 Å². The van der Waals surface area contributed by atoms with Gasteiger partial charge in [-0.05, 0) is 50.0 Å². The maximum Gasteiger partial charge on any atom is 0.227 e. The van der Waals surface area contributed by atoms with Gasteiger partial charge < -0.3 is 10.6 Å². The number of amides is 1. The zero-order chi connectivity index (χ0) is 12.3. The first-order valence-corrected chi connectivity index (χ1v) is 6.25. The molecule has 2 N–H and O–H groups in total. The summed E-state index contributed by atoms with van der Waals surface area (Å²) in [5, 5.41) is 6.33. The fourth-order valence-corrected chi connectivity index (χ4v) is 2.36. The zero-order valence-electron chi connectivity index (χ0n) is 10.5. The quantitative estimate of drug-likeness (QED) is 0.820. The lowest BCUT2D eigenvalue weighted by atomic mass is 9.87. The molecular formula is C14H20N2O. The monoisotopic (exact) mass is 232 g/mol. The maximum absolute atomic E-state index is 12.2. The van der Waals surface area contributed by atoms with Crippen LogP contribution in [-0.4, -0.2) is 19.0 Å². The fourth-order valence-electron chi connectivity index (χ4n) is 2.36. The molecule has 2 rings (SSSR count). The summed E-state index contributed by atoms with van der Waals surface area (Å²) >= 11 is 0. The van der Waals surface area contributed by atoms with Crippen LogP contribution in [0.25, 0.3) is 0 Å². The van der Waals surface area contributed by atoms with Crippen molar-refractivity contribution in [3.63, 3.8) is 0 Å². The Kier molecular flexibility index (Phi) is 3.79. The van der Waals surface area contributed by atoms with Crippen LogP contribution in [0.2, 0.25) is 0 Å². The summed E-state index contributed by atoms with van der Waals surface area (Å²) in [6.45, 7) is 6.04. The molecule has 1 aliphatic heterocycles. The van der Waals surface area contributed by atoms with Crippen molar-refractivity contribution in [2.75, 3.05) is 18.4 Å². The van der Waals surface area contributed by atoms with Gasteiger partial charge in [-0.3, -0.25) is 4.79 Å². The van der Waals surface area contributed by atoms with E-state index in [-0.39, 0.29) is 11.8 Å². The van der Waals surface area contributed by atoms with Gasteiger partial charge in [-0.2, -0.15) is 0 Å². The summed E-state index contributed by atoms with van der Waals surface area (Å²) in [7, 11) is 0. The number of carbonyl (C=O) groups is 1. The fraction of sp³-hybridized carbons (Fsp3) is 0.500. The lowest BCUT2D eigenvalue weighted by Crippen LogP contribution is -2.40. The van der Waals surface area contributed by atoms with Crippen LogP contribution in [0.3, 0.4) is 0 Å². The van der Waals surface area contributed by atoms with Gasteiger partial charge in [0.15, 0.2) is 0 Å². The molecule has 0 spiro atoms. The lowest BCUT2D eigenvalue weighted by Gasteiger charge is -2.28. The third-order valence-electron chi connectivity index (χ3n) is 3.41. The van der Waals surface area contributed by atoms with Gasteiger partial charge in [-0.25, -0.2) is 0 Å². The van der Waals surface area contributed by atoms with Crippen molar-refractivity contribution in [2.24, 2.45) is 11.8 Å². The lowest BCUT2D eigenvalue weighted by molar-refractivity contribution is -0.122. The molecule has 1 fully saturated rings. The van der Waals surface area contributed by atoms with E-state index < -0.39 is 0 Å². The first-order chi connectivity index (χ1) is 8.16. The van der Waals surface area contributed by atoms with E-state index in [2.05, 4.69) is 17.6 Å². The molecule has 1 aromatic carbocycles. The molecule has 1 aromatic rings. The largest absolute Gasteiger partial charge is 0.326 e. The molecule has 0 aromatic heterocycles. The van der Waals surface area contributed by atoms with Gasteiger partial charge >= 0.3 is 0 Å². The Labute approximate surface area is 103 Å². The second kappa shape index (κ2) is 5.32. The van der Waals surface area contributed by atoms with E-state index >= 15 is 0 Å². The molecule has 1 aliphatic rings. The number of anilines is 1. The number of nitrogens with one attached hydrogen (secondary N) is 2. The summed E-state index contributed by atoms with van der Waals surface area (Å²) in [5.41, 5.74) is 2.07. The number of piperidine rings is 1. The van der Waals surface area contributed by atoms with Crippen molar-refractivity contribution >= 4 is 11.6 Å². The number of hydrogen-bond acceptors (Lipinski definition) is 2. The highest BCUT2D eigenvalue weighted by Crippen LogP contribution is 2.21. The van der Waals surface area contributed by atoms with Gasteiger partial charge in [0.25, 0.3) is 0 Å². The minimum absolute atomic E-state index is 0.136. The summed E-state index contributed by atoms with van der Waals surface area (Å²) in [4.78, 5) is 12.2. The van der Waals surface area contributed by atoms with Crippen molar-refractivity contribution < 1.29 is 4.79 Å². The molecule has 0 radical (unpaired) electrons. The number of benzene rings is 1. The Morgan fingerprint density at radius 1 is 1.47 bits per heavy atom. The average molecular weight is 232 g/mol. The Morgan fingerprint density at radius 2 is 2.29 bits per heavy atom. The molecule has 1 amide bonds. The average Bonchev–Trinajstić information content (AvgIpc) is 2.29. The first kappa shape index (κ1) is 12.1. The van der Waals surface area contributed by atoms with E-state index in [9.17, 15) is 4.79 Å². The van der Waals surface area contributed by atoms with E-state index in [0.717, 1.165) is 25.2 Å². The van der Waals surface area contributed by atoms with Crippen LogP contribution >= 0.6 is 0 Å². The van der Waals surface area contributed by atoms with Crippen molar-refractivity contribution in [2.45, 2.75) is 20.3 Å². The van der Waals surface area contributed by atoms with Crippen molar-refractivity contribution in [1.82, 2.24) is 5.32 Å². The standard InChI is InChI=1S/C14H20N2O/c1-10-4-3-5-12(8-10)16-14(17)13-6-7-15-9-11(13)2/h3-5,8,11,13,15H,6-7,9H2,1-2H3,(H,16,17). The van der Waals surface area contributed by atoms with Crippen molar-refractivity contribution in [3.8, 4) is 0 Å². The Morgan fingerprint density at radius 3 is 3.00 bits per heavy atom. The number of carbonyl (C=O) groups excluding carboxylic acids is 1. The predicted octanol–water partition coefficient (Wildman–Crippen LogP) is 2.18. The Balaban J connectivity index is 2.01. The minimum Gasteiger partial charge on any atom is -0.326 e. The minimum atomic E-state index is 0.136. The molecule has 92 valence electrons. The third-order valence-corrected chi connectivity index (χ3v) is 3.41. The molecule has 3 nitrogen and oxygen atoms in total. The van der Waals surface area contributed by atoms with Crippen molar-refractivity contribution in [1.29, 1.82) is 0 Å². The highest BCUT2D eigenvalue weighted by Gasteiger charge is 2.27. The number of aryl methyl sites for hydroxylation is 1. The van der Waals surface area contributed by atoms with Crippen LogP contribution < -0.4 is 10.6 Å². The summed E-state index contributed by atoms with van der Waals surface area (Å²) in [5.74, 6) is 0.704. The SMILES string of the molecule is Cc1cccc(NC(=O)C2CCNCC2C)c1. The molecule has 0 saturated carbocycles. The normalized spacial score (nSPS) is 24.4. The molecule has 2 unspecified atom stereocenters. The smallest absolute Gasteiger partial charge is 0.227 e. The second-order valence-electron chi connectivity index (χ2n) is 4.94. The molecule has 1 saturated heterocycles. The number of hydrogen-bond donors (Lipinski definition) is 2. The summed E-state index contributed by atoms with van der Waals surface area (Å²) in [6, 6.07) is 7.94. The van der Waals surface area contributed by atoms with Crippen LogP contribution in [0.15, 0.2) is 24.3 Å². The van der Waals surface area contributed by atoms with E-state index in [1.165, 1.54) is 5.56 Å². The molecule has 0 bridgehead atoms. The van der Waals surface area contributed by atoms with Gasteiger partial charge in [0.2, 0.25) is 5.91 Å². The summed E-state index contributed by atoms with van der Waals surface area (Å²) in [6.07, 6.45) is 0.929.